The molecule has 7 nitrogen and oxygen atoms in total. The van der Waals surface area contributed by atoms with Crippen LogP contribution >= 0.6 is 0 Å². The number of carboxylic acids is 1. The maximum absolute atomic E-state index is 10.6. The second-order valence-electron chi connectivity index (χ2n) is 3.56. The summed E-state index contributed by atoms with van der Waals surface area (Å²) >= 11 is 0. The van der Waals surface area contributed by atoms with Crippen LogP contribution in [-0.2, 0) is 19.0 Å². The molecule has 0 aromatic rings. The summed E-state index contributed by atoms with van der Waals surface area (Å²) < 4.78 is 14.9. The zero-order valence-electron chi connectivity index (χ0n) is 9.07. The third kappa shape index (κ3) is 2.69. The Labute approximate surface area is 92.5 Å². The number of rotatable bonds is 4. The SMILES string of the molecule is COC1OC(CC(=O)O)C(OC)C(O)C1O. The van der Waals surface area contributed by atoms with Crippen LogP contribution in [0.2, 0.25) is 0 Å². The average molecular weight is 236 g/mol. The smallest absolute Gasteiger partial charge is 0.306 e. The summed E-state index contributed by atoms with van der Waals surface area (Å²) in [6, 6.07) is 0. The first-order valence-electron chi connectivity index (χ1n) is 4.80. The molecule has 3 N–H and O–H groups in total. The largest absolute Gasteiger partial charge is 0.481 e. The van der Waals surface area contributed by atoms with Gasteiger partial charge < -0.3 is 29.5 Å². The maximum Gasteiger partial charge on any atom is 0.306 e. The molecule has 7 heteroatoms. The van der Waals surface area contributed by atoms with Gasteiger partial charge >= 0.3 is 5.97 Å². The number of carbonyl (C=O) groups is 1. The Balaban J connectivity index is 2.77. The third-order valence-corrected chi connectivity index (χ3v) is 2.52. The molecule has 0 aliphatic carbocycles. The molecule has 0 spiro atoms. The quantitative estimate of drug-likeness (QED) is 0.549. The van der Waals surface area contributed by atoms with Gasteiger partial charge in [0.05, 0.1) is 6.42 Å². The number of ether oxygens (including phenoxy) is 3. The van der Waals surface area contributed by atoms with Crippen molar-refractivity contribution in [2.45, 2.75) is 37.1 Å². The van der Waals surface area contributed by atoms with Gasteiger partial charge in [-0.3, -0.25) is 4.79 Å². The zero-order chi connectivity index (χ0) is 12.3. The molecule has 0 amide bonds. The molecular weight excluding hydrogens is 220 g/mol. The zero-order valence-corrected chi connectivity index (χ0v) is 9.07. The summed E-state index contributed by atoms with van der Waals surface area (Å²) in [5.41, 5.74) is 0. The number of hydrogen-bond donors (Lipinski definition) is 3. The lowest BCUT2D eigenvalue weighted by Crippen LogP contribution is -2.59. The van der Waals surface area contributed by atoms with Crippen LogP contribution < -0.4 is 0 Å². The standard InChI is InChI=1S/C9H16O7/c1-14-8-4(3-5(10)11)16-9(15-2)7(13)6(8)12/h4,6-9,12-13H,3H2,1-2H3,(H,10,11). The molecule has 1 fully saturated rings. The lowest BCUT2D eigenvalue weighted by atomic mass is 9.97. The Morgan fingerprint density at radius 1 is 1.25 bits per heavy atom. The molecule has 0 radical (unpaired) electrons. The number of carboxylic acid groups (broad SMARTS) is 1. The van der Waals surface area contributed by atoms with Gasteiger partial charge in [-0.2, -0.15) is 0 Å². The topological polar surface area (TPSA) is 105 Å². The Morgan fingerprint density at radius 3 is 2.31 bits per heavy atom. The van der Waals surface area contributed by atoms with E-state index in [0.717, 1.165) is 0 Å². The van der Waals surface area contributed by atoms with E-state index in [1.165, 1.54) is 14.2 Å². The molecule has 0 bridgehead atoms. The van der Waals surface area contributed by atoms with Crippen LogP contribution in [0.1, 0.15) is 6.42 Å². The molecule has 94 valence electrons. The monoisotopic (exact) mass is 236 g/mol. The molecule has 1 aliphatic heterocycles. The Kier molecular flexibility index (Phi) is 4.63. The highest BCUT2D eigenvalue weighted by atomic mass is 16.7. The lowest BCUT2D eigenvalue weighted by Gasteiger charge is -2.40. The maximum atomic E-state index is 10.6. The van der Waals surface area contributed by atoms with Crippen molar-refractivity contribution in [1.29, 1.82) is 0 Å². The second-order valence-corrected chi connectivity index (χ2v) is 3.56. The molecule has 0 aromatic heterocycles. The van der Waals surface area contributed by atoms with Crippen LogP contribution in [-0.4, -0.2) is 66.2 Å². The minimum absolute atomic E-state index is 0.331. The van der Waals surface area contributed by atoms with Crippen LogP contribution in [0.5, 0.6) is 0 Å². The number of aliphatic hydroxyl groups is 2. The predicted octanol–water partition coefficient (Wildman–Crippen LogP) is -1.43. The molecule has 5 unspecified atom stereocenters. The van der Waals surface area contributed by atoms with Crippen molar-refractivity contribution in [3.63, 3.8) is 0 Å². The van der Waals surface area contributed by atoms with E-state index in [4.69, 9.17) is 19.3 Å². The second kappa shape index (κ2) is 5.55. The number of methoxy groups -OCH3 is 2. The Bertz CT molecular complexity index is 244. The van der Waals surface area contributed by atoms with E-state index in [-0.39, 0.29) is 6.42 Å². The average Bonchev–Trinajstić information content (AvgIpc) is 2.23. The summed E-state index contributed by atoms with van der Waals surface area (Å²) in [5, 5.41) is 27.9. The number of hydrogen-bond acceptors (Lipinski definition) is 6. The highest BCUT2D eigenvalue weighted by molar-refractivity contribution is 5.67. The number of aliphatic carboxylic acids is 1. The predicted molar refractivity (Wildman–Crippen MR) is 50.7 cm³/mol. The minimum atomic E-state index is -1.26. The first kappa shape index (κ1) is 13.3. The van der Waals surface area contributed by atoms with E-state index in [9.17, 15) is 15.0 Å². The number of aliphatic hydroxyl groups excluding tert-OH is 2. The van der Waals surface area contributed by atoms with Gasteiger partial charge in [0.1, 0.15) is 24.4 Å². The summed E-state index contributed by atoms with van der Waals surface area (Å²) in [7, 11) is 2.61. The van der Waals surface area contributed by atoms with Gasteiger partial charge in [-0.1, -0.05) is 0 Å². The van der Waals surface area contributed by atoms with Crippen LogP contribution in [0.25, 0.3) is 0 Å². The lowest BCUT2D eigenvalue weighted by molar-refractivity contribution is -0.293. The van der Waals surface area contributed by atoms with Crippen molar-refractivity contribution in [3.8, 4) is 0 Å². The first-order valence-corrected chi connectivity index (χ1v) is 4.80. The van der Waals surface area contributed by atoms with Crippen LogP contribution in [0.3, 0.4) is 0 Å². The van der Waals surface area contributed by atoms with Gasteiger partial charge in [0.15, 0.2) is 6.29 Å². The van der Waals surface area contributed by atoms with Crippen molar-refractivity contribution in [2.75, 3.05) is 14.2 Å². The highest BCUT2D eigenvalue weighted by Crippen LogP contribution is 2.25. The molecule has 1 aliphatic rings. The molecule has 1 rings (SSSR count). The van der Waals surface area contributed by atoms with Gasteiger partial charge in [0.25, 0.3) is 0 Å². The fourth-order valence-corrected chi connectivity index (χ4v) is 1.73. The summed E-state index contributed by atoms with van der Waals surface area (Å²) in [4.78, 5) is 10.6. The van der Waals surface area contributed by atoms with Crippen LogP contribution in [0.4, 0.5) is 0 Å². The molecular formula is C9H16O7. The van der Waals surface area contributed by atoms with Crippen LogP contribution in [0, 0.1) is 0 Å². The van der Waals surface area contributed by atoms with Crippen molar-refractivity contribution in [1.82, 2.24) is 0 Å². The minimum Gasteiger partial charge on any atom is -0.481 e. The Morgan fingerprint density at radius 2 is 1.88 bits per heavy atom. The molecule has 16 heavy (non-hydrogen) atoms. The molecule has 0 aromatic carbocycles. The molecule has 1 saturated heterocycles. The van der Waals surface area contributed by atoms with Gasteiger partial charge in [-0.25, -0.2) is 0 Å². The van der Waals surface area contributed by atoms with Crippen molar-refractivity contribution in [2.24, 2.45) is 0 Å². The van der Waals surface area contributed by atoms with E-state index in [1.807, 2.05) is 0 Å². The fourth-order valence-electron chi connectivity index (χ4n) is 1.73. The molecule has 1 heterocycles. The summed E-state index contributed by atoms with van der Waals surface area (Å²) in [5.74, 6) is -1.08. The normalized spacial score (nSPS) is 39.6. The van der Waals surface area contributed by atoms with E-state index in [0.29, 0.717) is 0 Å². The van der Waals surface area contributed by atoms with Crippen molar-refractivity contribution < 1.29 is 34.3 Å². The van der Waals surface area contributed by atoms with Crippen molar-refractivity contribution >= 4 is 5.97 Å². The third-order valence-electron chi connectivity index (χ3n) is 2.52. The van der Waals surface area contributed by atoms with Gasteiger partial charge in [-0.05, 0) is 0 Å². The van der Waals surface area contributed by atoms with Gasteiger partial charge in [-0.15, -0.1) is 0 Å². The Hall–Kier alpha value is -0.730. The van der Waals surface area contributed by atoms with E-state index in [2.05, 4.69) is 0 Å². The van der Waals surface area contributed by atoms with Crippen LogP contribution in [0.15, 0.2) is 0 Å². The van der Waals surface area contributed by atoms with E-state index >= 15 is 0 Å². The van der Waals surface area contributed by atoms with Crippen molar-refractivity contribution in [3.05, 3.63) is 0 Å². The van der Waals surface area contributed by atoms with E-state index < -0.39 is 36.7 Å². The summed E-state index contributed by atoms with van der Waals surface area (Å²) in [6.07, 6.45) is -5.63. The fraction of sp³-hybridized carbons (Fsp3) is 0.889. The summed E-state index contributed by atoms with van der Waals surface area (Å²) in [6.45, 7) is 0. The van der Waals surface area contributed by atoms with E-state index in [1.54, 1.807) is 0 Å². The molecule has 0 saturated carbocycles. The molecule has 5 atom stereocenters. The first-order chi connectivity index (χ1) is 7.51. The van der Waals surface area contributed by atoms with Gasteiger partial charge in [0, 0.05) is 14.2 Å². The van der Waals surface area contributed by atoms with Gasteiger partial charge in [0.2, 0.25) is 0 Å². The highest BCUT2D eigenvalue weighted by Gasteiger charge is 2.45.